The van der Waals surface area contributed by atoms with Crippen LogP contribution >= 0.6 is 11.6 Å². The summed E-state index contributed by atoms with van der Waals surface area (Å²) in [5, 5.41) is 4.95. The lowest BCUT2D eigenvalue weighted by Crippen LogP contribution is -2.35. The molecule has 27 heavy (non-hydrogen) atoms. The third-order valence-corrected chi connectivity index (χ3v) is 5.02. The molecule has 0 unspecified atom stereocenters. The quantitative estimate of drug-likeness (QED) is 0.607. The molecule has 4 nitrogen and oxygen atoms in total. The van der Waals surface area contributed by atoms with Crippen molar-refractivity contribution in [2.45, 2.75) is 13.8 Å². The number of hydrogen-bond donors (Lipinski definition) is 1. The average molecular weight is 382 g/mol. The van der Waals surface area contributed by atoms with Crippen LogP contribution in [0.1, 0.15) is 24.2 Å². The Morgan fingerprint density at radius 2 is 1.63 bits per heavy atom. The number of rotatable bonds is 7. The number of carbonyl (C=O) groups excluding carboxylic acids is 1. The summed E-state index contributed by atoms with van der Waals surface area (Å²) in [4.78, 5) is 19.7. The Labute approximate surface area is 165 Å². The Balaban J connectivity index is 1.95. The molecule has 0 aliphatic carbocycles. The predicted octanol–water partition coefficient (Wildman–Crippen LogP) is 4.63. The van der Waals surface area contributed by atoms with Gasteiger partial charge in [-0.25, -0.2) is 4.98 Å². The second-order valence-corrected chi connectivity index (χ2v) is 6.68. The van der Waals surface area contributed by atoms with E-state index in [-0.39, 0.29) is 11.1 Å². The number of carbonyl (C=O) groups is 1. The number of hydrogen-bond acceptors (Lipinski definition) is 3. The minimum atomic E-state index is -0.185. The molecule has 140 valence electrons. The van der Waals surface area contributed by atoms with Crippen LogP contribution in [-0.4, -0.2) is 42.0 Å². The molecular weight excluding hydrogens is 358 g/mol. The number of likely N-dealkylation sites (N-methyl/N-ethyl adjacent to an activating group) is 1. The first kappa shape index (κ1) is 19.3. The Bertz CT molecular complexity index is 923. The summed E-state index contributed by atoms with van der Waals surface area (Å²) in [6.45, 7) is 7.53. The largest absolute Gasteiger partial charge is 0.351 e. The summed E-state index contributed by atoms with van der Waals surface area (Å²) < 4.78 is 0. The number of benzene rings is 2. The molecule has 1 aromatic heterocycles. The molecule has 0 bridgehead atoms. The van der Waals surface area contributed by atoms with E-state index in [1.54, 1.807) is 0 Å². The van der Waals surface area contributed by atoms with Crippen molar-refractivity contribution in [3.63, 3.8) is 0 Å². The molecule has 0 atom stereocenters. The number of halogens is 1. The first-order valence-corrected chi connectivity index (χ1v) is 9.67. The Morgan fingerprint density at radius 1 is 1.00 bits per heavy atom. The molecule has 1 amide bonds. The van der Waals surface area contributed by atoms with Gasteiger partial charge >= 0.3 is 0 Å². The fourth-order valence-electron chi connectivity index (χ4n) is 3.22. The van der Waals surface area contributed by atoms with Gasteiger partial charge in [0.2, 0.25) is 0 Å². The van der Waals surface area contributed by atoms with E-state index in [1.165, 1.54) is 0 Å². The molecule has 1 heterocycles. The van der Waals surface area contributed by atoms with Crippen LogP contribution < -0.4 is 5.32 Å². The van der Waals surface area contributed by atoms with Crippen molar-refractivity contribution in [1.82, 2.24) is 15.2 Å². The van der Waals surface area contributed by atoms with Crippen molar-refractivity contribution in [3.05, 3.63) is 65.3 Å². The normalized spacial score (nSPS) is 11.1. The van der Waals surface area contributed by atoms with E-state index in [4.69, 9.17) is 11.6 Å². The molecule has 0 aliphatic rings. The van der Waals surface area contributed by atoms with Crippen molar-refractivity contribution in [2.75, 3.05) is 26.2 Å². The van der Waals surface area contributed by atoms with E-state index < -0.39 is 0 Å². The van der Waals surface area contributed by atoms with Gasteiger partial charge in [0.15, 0.2) is 0 Å². The molecule has 0 radical (unpaired) electrons. The zero-order valence-corrected chi connectivity index (χ0v) is 16.5. The smallest absolute Gasteiger partial charge is 0.255 e. The second kappa shape index (κ2) is 8.98. The van der Waals surface area contributed by atoms with E-state index in [0.29, 0.717) is 12.1 Å². The van der Waals surface area contributed by atoms with Crippen LogP contribution in [0.4, 0.5) is 0 Å². The monoisotopic (exact) mass is 381 g/mol. The predicted molar refractivity (Wildman–Crippen MR) is 112 cm³/mol. The lowest BCUT2D eigenvalue weighted by molar-refractivity contribution is 0.0950. The van der Waals surface area contributed by atoms with Gasteiger partial charge in [0, 0.05) is 24.0 Å². The molecule has 1 N–H and O–H groups in total. The highest BCUT2D eigenvalue weighted by molar-refractivity contribution is 6.35. The number of pyridine rings is 1. The van der Waals surface area contributed by atoms with Crippen molar-refractivity contribution in [3.8, 4) is 11.3 Å². The van der Waals surface area contributed by atoms with E-state index in [2.05, 4.69) is 29.0 Å². The zero-order valence-electron chi connectivity index (χ0n) is 15.7. The van der Waals surface area contributed by atoms with Crippen molar-refractivity contribution >= 4 is 28.3 Å². The van der Waals surface area contributed by atoms with Crippen LogP contribution in [0.25, 0.3) is 22.0 Å². The van der Waals surface area contributed by atoms with Gasteiger partial charge in [-0.1, -0.05) is 80.0 Å². The molecule has 0 spiro atoms. The van der Waals surface area contributed by atoms with Gasteiger partial charge in [-0.05, 0) is 18.5 Å². The van der Waals surface area contributed by atoms with E-state index in [9.17, 15) is 4.79 Å². The lowest BCUT2D eigenvalue weighted by atomic mass is 10.0. The number of amides is 1. The highest BCUT2D eigenvalue weighted by Gasteiger charge is 2.19. The van der Waals surface area contributed by atoms with Crippen LogP contribution in [-0.2, 0) is 0 Å². The van der Waals surface area contributed by atoms with Gasteiger partial charge in [0.25, 0.3) is 5.91 Å². The molecule has 3 rings (SSSR count). The molecule has 0 fully saturated rings. The molecule has 0 saturated heterocycles. The van der Waals surface area contributed by atoms with Crippen LogP contribution in [0.3, 0.4) is 0 Å². The first-order valence-electron chi connectivity index (χ1n) is 9.29. The summed E-state index contributed by atoms with van der Waals surface area (Å²) in [6.07, 6.45) is 0. The second-order valence-electron chi connectivity index (χ2n) is 6.32. The summed E-state index contributed by atoms with van der Waals surface area (Å²) in [5.41, 5.74) is 2.20. The molecule has 0 saturated carbocycles. The van der Waals surface area contributed by atoms with Gasteiger partial charge in [0.1, 0.15) is 5.15 Å². The minimum absolute atomic E-state index is 0.185. The van der Waals surface area contributed by atoms with Crippen molar-refractivity contribution in [1.29, 1.82) is 0 Å². The summed E-state index contributed by atoms with van der Waals surface area (Å²) in [6, 6.07) is 17.7. The molecule has 0 aliphatic heterocycles. The number of aromatic nitrogens is 1. The molecule has 3 aromatic rings. The fraction of sp³-hybridized carbons (Fsp3) is 0.273. The van der Waals surface area contributed by atoms with Crippen LogP contribution in [0, 0.1) is 0 Å². The highest BCUT2D eigenvalue weighted by atomic mass is 35.5. The van der Waals surface area contributed by atoms with E-state index in [0.717, 1.165) is 41.7 Å². The highest BCUT2D eigenvalue weighted by Crippen LogP contribution is 2.32. The van der Waals surface area contributed by atoms with Gasteiger partial charge in [0.05, 0.1) is 11.3 Å². The molecular formula is C22H24ClN3O. The Kier molecular flexibility index (Phi) is 6.43. The minimum Gasteiger partial charge on any atom is -0.351 e. The summed E-state index contributed by atoms with van der Waals surface area (Å²) in [7, 11) is 0. The van der Waals surface area contributed by atoms with Gasteiger partial charge in [-0.15, -0.1) is 0 Å². The van der Waals surface area contributed by atoms with Crippen LogP contribution in [0.15, 0.2) is 54.6 Å². The SMILES string of the molecule is CCN(CC)CCNC(=O)c1c(Cl)nc(-c2ccccc2)c2ccccc12. The van der Waals surface area contributed by atoms with Crippen LogP contribution in [0.2, 0.25) is 5.15 Å². The number of nitrogens with one attached hydrogen (secondary N) is 1. The average Bonchev–Trinajstić information content (AvgIpc) is 2.71. The topological polar surface area (TPSA) is 45.2 Å². The molecule has 5 heteroatoms. The maximum Gasteiger partial charge on any atom is 0.255 e. The van der Waals surface area contributed by atoms with Gasteiger partial charge in [-0.2, -0.15) is 0 Å². The van der Waals surface area contributed by atoms with Gasteiger partial charge in [-0.3, -0.25) is 4.79 Å². The third-order valence-electron chi connectivity index (χ3n) is 4.75. The standard InChI is InChI=1S/C22H24ClN3O/c1-3-26(4-2)15-14-24-22(27)19-17-12-8-9-13-18(17)20(25-21(19)23)16-10-6-5-7-11-16/h5-13H,3-4,14-15H2,1-2H3,(H,24,27). The van der Waals surface area contributed by atoms with Gasteiger partial charge < -0.3 is 10.2 Å². The maximum atomic E-state index is 12.8. The zero-order chi connectivity index (χ0) is 19.2. The maximum absolute atomic E-state index is 12.8. The number of nitrogens with zero attached hydrogens (tertiary/aromatic N) is 2. The lowest BCUT2D eigenvalue weighted by Gasteiger charge is -2.18. The van der Waals surface area contributed by atoms with E-state index >= 15 is 0 Å². The van der Waals surface area contributed by atoms with Crippen LogP contribution in [0.5, 0.6) is 0 Å². The third kappa shape index (κ3) is 4.29. The fourth-order valence-corrected chi connectivity index (χ4v) is 3.49. The molecule has 2 aromatic carbocycles. The van der Waals surface area contributed by atoms with Crippen molar-refractivity contribution in [2.24, 2.45) is 0 Å². The first-order chi connectivity index (χ1) is 13.2. The van der Waals surface area contributed by atoms with Crippen molar-refractivity contribution < 1.29 is 4.79 Å². The summed E-state index contributed by atoms with van der Waals surface area (Å²) >= 11 is 6.47. The Hall–Kier alpha value is -2.43. The summed E-state index contributed by atoms with van der Waals surface area (Å²) in [5.74, 6) is -0.185. The Morgan fingerprint density at radius 3 is 2.30 bits per heavy atom. The van der Waals surface area contributed by atoms with E-state index in [1.807, 2.05) is 54.6 Å². The number of fused-ring (bicyclic) bond motifs is 1.